The molecule has 0 aliphatic heterocycles. The SMILES string of the molecule is CCCCC(C(=O)N[C@@H](CC(=O)O)c1ccc(F)cc1)c1c(C)c[nH]c(=O)c1Cc1ccccc1. The first-order valence-corrected chi connectivity index (χ1v) is 11.8. The van der Waals surface area contributed by atoms with E-state index in [1.165, 1.54) is 24.3 Å². The molecule has 1 unspecified atom stereocenters. The molecule has 3 N–H and O–H groups in total. The molecular weight excluding hydrogens is 447 g/mol. The smallest absolute Gasteiger partial charge is 0.305 e. The van der Waals surface area contributed by atoms with Crippen molar-refractivity contribution in [2.24, 2.45) is 0 Å². The number of benzene rings is 2. The Morgan fingerprint density at radius 3 is 2.40 bits per heavy atom. The lowest BCUT2D eigenvalue weighted by Gasteiger charge is -2.25. The van der Waals surface area contributed by atoms with Crippen molar-refractivity contribution in [2.45, 2.75) is 57.9 Å². The van der Waals surface area contributed by atoms with Gasteiger partial charge in [-0.2, -0.15) is 0 Å². The Morgan fingerprint density at radius 2 is 1.77 bits per heavy atom. The molecule has 0 bridgehead atoms. The number of carbonyl (C=O) groups is 2. The third kappa shape index (κ3) is 6.88. The monoisotopic (exact) mass is 478 g/mol. The van der Waals surface area contributed by atoms with Gasteiger partial charge in [-0.1, -0.05) is 62.2 Å². The number of nitrogens with one attached hydrogen (secondary N) is 2. The predicted octanol–water partition coefficient (Wildman–Crippen LogP) is 5.02. The third-order valence-electron chi connectivity index (χ3n) is 6.15. The second-order valence-electron chi connectivity index (χ2n) is 8.76. The predicted molar refractivity (Wildman–Crippen MR) is 133 cm³/mol. The molecule has 1 heterocycles. The van der Waals surface area contributed by atoms with Gasteiger partial charge in [0.15, 0.2) is 0 Å². The Morgan fingerprint density at radius 1 is 1.09 bits per heavy atom. The van der Waals surface area contributed by atoms with Crippen LogP contribution in [0, 0.1) is 12.7 Å². The number of pyridine rings is 1. The number of aromatic amines is 1. The maximum absolute atomic E-state index is 13.7. The highest BCUT2D eigenvalue weighted by molar-refractivity contribution is 5.85. The number of carboxylic acids is 1. The van der Waals surface area contributed by atoms with Gasteiger partial charge in [-0.25, -0.2) is 4.39 Å². The molecule has 3 rings (SSSR count). The standard InChI is InChI=1S/C28H31FN2O4/c1-3-4-10-22(28(35)31-24(16-25(32)33)20-11-13-21(29)14-12-20)26-18(2)17-30-27(34)23(26)15-19-8-6-5-7-9-19/h5-9,11-14,17,22,24H,3-4,10,15-16H2,1-2H3,(H,30,34)(H,31,35)(H,32,33)/t22?,24-/m0/s1. The minimum absolute atomic E-state index is 0.246. The van der Waals surface area contributed by atoms with Gasteiger partial charge in [0, 0.05) is 18.2 Å². The lowest BCUT2D eigenvalue weighted by atomic mass is 9.85. The lowest BCUT2D eigenvalue weighted by Crippen LogP contribution is -2.35. The molecule has 3 aromatic rings. The van der Waals surface area contributed by atoms with E-state index < -0.39 is 23.7 Å². The Balaban J connectivity index is 2.01. The van der Waals surface area contributed by atoms with E-state index in [0.29, 0.717) is 29.5 Å². The number of hydrogen-bond donors (Lipinski definition) is 3. The average Bonchev–Trinajstić information content (AvgIpc) is 2.83. The van der Waals surface area contributed by atoms with Crippen LogP contribution in [0.3, 0.4) is 0 Å². The molecule has 35 heavy (non-hydrogen) atoms. The molecule has 0 aliphatic carbocycles. The molecule has 7 heteroatoms. The van der Waals surface area contributed by atoms with Crippen molar-refractivity contribution in [3.8, 4) is 0 Å². The van der Waals surface area contributed by atoms with Crippen molar-refractivity contribution in [3.05, 3.63) is 105 Å². The minimum atomic E-state index is -1.08. The summed E-state index contributed by atoms with van der Waals surface area (Å²) in [5.41, 5.74) is 3.21. The molecule has 0 fully saturated rings. The van der Waals surface area contributed by atoms with Gasteiger partial charge in [0.25, 0.3) is 5.56 Å². The summed E-state index contributed by atoms with van der Waals surface area (Å²) < 4.78 is 13.4. The summed E-state index contributed by atoms with van der Waals surface area (Å²) in [5.74, 6) is -2.51. The van der Waals surface area contributed by atoms with E-state index in [-0.39, 0.29) is 17.9 Å². The van der Waals surface area contributed by atoms with Gasteiger partial charge >= 0.3 is 5.97 Å². The molecule has 0 spiro atoms. The highest BCUT2D eigenvalue weighted by atomic mass is 19.1. The van der Waals surface area contributed by atoms with Crippen LogP contribution >= 0.6 is 0 Å². The van der Waals surface area contributed by atoms with Crippen LogP contribution in [0.25, 0.3) is 0 Å². The number of carbonyl (C=O) groups excluding carboxylic acids is 1. The summed E-state index contributed by atoms with van der Waals surface area (Å²) in [6.07, 6.45) is 3.78. The van der Waals surface area contributed by atoms with Crippen LogP contribution in [-0.4, -0.2) is 22.0 Å². The minimum Gasteiger partial charge on any atom is -0.481 e. The zero-order chi connectivity index (χ0) is 25.4. The van der Waals surface area contributed by atoms with Crippen molar-refractivity contribution in [1.29, 1.82) is 0 Å². The van der Waals surface area contributed by atoms with Gasteiger partial charge in [0.05, 0.1) is 18.4 Å². The molecular formula is C28H31FN2O4. The van der Waals surface area contributed by atoms with Gasteiger partial charge in [0.2, 0.25) is 5.91 Å². The number of rotatable bonds is 11. The summed E-state index contributed by atoms with van der Waals surface area (Å²) in [4.78, 5) is 40.9. The number of carboxylic acid groups (broad SMARTS) is 1. The van der Waals surface area contributed by atoms with E-state index in [2.05, 4.69) is 10.3 Å². The molecule has 1 amide bonds. The maximum atomic E-state index is 13.7. The highest BCUT2D eigenvalue weighted by Crippen LogP contribution is 2.30. The maximum Gasteiger partial charge on any atom is 0.305 e. The van der Waals surface area contributed by atoms with Crippen LogP contribution in [0.5, 0.6) is 0 Å². The third-order valence-corrected chi connectivity index (χ3v) is 6.15. The second kappa shape index (κ2) is 12.1. The Bertz CT molecular complexity index is 1210. The van der Waals surface area contributed by atoms with E-state index in [9.17, 15) is 23.9 Å². The zero-order valence-electron chi connectivity index (χ0n) is 20.0. The number of aromatic nitrogens is 1. The number of unbranched alkanes of at least 4 members (excludes halogenated alkanes) is 1. The Hall–Kier alpha value is -3.74. The number of aryl methyl sites for hydroxylation is 1. The Labute approximate surface area is 204 Å². The molecule has 0 aliphatic rings. The molecule has 2 atom stereocenters. The van der Waals surface area contributed by atoms with Crippen LogP contribution in [0.1, 0.15) is 72.4 Å². The van der Waals surface area contributed by atoms with Crippen LogP contribution in [0.4, 0.5) is 4.39 Å². The summed E-state index contributed by atoms with van der Waals surface area (Å²) in [6, 6.07) is 14.2. The van der Waals surface area contributed by atoms with E-state index in [4.69, 9.17) is 0 Å². The molecule has 6 nitrogen and oxygen atoms in total. The van der Waals surface area contributed by atoms with Crippen molar-refractivity contribution >= 4 is 11.9 Å². The highest BCUT2D eigenvalue weighted by Gasteiger charge is 2.29. The van der Waals surface area contributed by atoms with E-state index in [0.717, 1.165) is 24.0 Å². The van der Waals surface area contributed by atoms with E-state index in [1.54, 1.807) is 6.20 Å². The fourth-order valence-electron chi connectivity index (χ4n) is 4.37. The van der Waals surface area contributed by atoms with Crippen LogP contribution in [-0.2, 0) is 16.0 Å². The van der Waals surface area contributed by atoms with Crippen LogP contribution in [0.15, 0.2) is 65.6 Å². The normalized spacial score (nSPS) is 12.7. The summed E-state index contributed by atoms with van der Waals surface area (Å²) in [6.45, 7) is 3.89. The fraction of sp³-hybridized carbons (Fsp3) is 0.321. The first-order chi connectivity index (χ1) is 16.8. The molecule has 2 aromatic carbocycles. The summed E-state index contributed by atoms with van der Waals surface area (Å²) >= 11 is 0. The first kappa shape index (κ1) is 25.9. The fourth-order valence-corrected chi connectivity index (χ4v) is 4.37. The number of amides is 1. The summed E-state index contributed by atoms with van der Waals surface area (Å²) in [7, 11) is 0. The lowest BCUT2D eigenvalue weighted by molar-refractivity contribution is -0.137. The van der Waals surface area contributed by atoms with Gasteiger partial charge in [-0.05, 0) is 47.7 Å². The topological polar surface area (TPSA) is 99.3 Å². The summed E-state index contributed by atoms with van der Waals surface area (Å²) in [5, 5.41) is 12.3. The largest absolute Gasteiger partial charge is 0.481 e. The quantitative estimate of drug-likeness (QED) is 0.360. The van der Waals surface area contributed by atoms with Gasteiger partial charge < -0.3 is 15.4 Å². The molecule has 184 valence electrons. The van der Waals surface area contributed by atoms with Crippen LogP contribution < -0.4 is 10.9 Å². The molecule has 0 radical (unpaired) electrons. The van der Waals surface area contributed by atoms with Gasteiger partial charge in [0.1, 0.15) is 5.82 Å². The van der Waals surface area contributed by atoms with Gasteiger partial charge in [-0.15, -0.1) is 0 Å². The molecule has 0 saturated heterocycles. The van der Waals surface area contributed by atoms with Gasteiger partial charge in [-0.3, -0.25) is 14.4 Å². The second-order valence-corrected chi connectivity index (χ2v) is 8.76. The van der Waals surface area contributed by atoms with Crippen LogP contribution in [0.2, 0.25) is 0 Å². The van der Waals surface area contributed by atoms with Crippen molar-refractivity contribution in [2.75, 3.05) is 0 Å². The van der Waals surface area contributed by atoms with Crippen molar-refractivity contribution in [3.63, 3.8) is 0 Å². The first-order valence-electron chi connectivity index (χ1n) is 11.8. The number of hydrogen-bond acceptors (Lipinski definition) is 3. The number of aliphatic carboxylic acids is 1. The number of halogens is 1. The Kier molecular flexibility index (Phi) is 8.95. The molecule has 0 saturated carbocycles. The zero-order valence-corrected chi connectivity index (χ0v) is 20.0. The average molecular weight is 479 g/mol. The van der Waals surface area contributed by atoms with E-state index >= 15 is 0 Å². The van der Waals surface area contributed by atoms with E-state index in [1.807, 2.05) is 44.2 Å². The van der Waals surface area contributed by atoms with Crippen molar-refractivity contribution < 1.29 is 19.1 Å². The molecule has 1 aromatic heterocycles. The number of H-pyrrole nitrogens is 1. The van der Waals surface area contributed by atoms with Crippen molar-refractivity contribution in [1.82, 2.24) is 10.3 Å².